The Balaban J connectivity index is 1.51. The first-order chi connectivity index (χ1) is 14.4. The van der Waals surface area contributed by atoms with E-state index < -0.39 is 10.1 Å². The van der Waals surface area contributed by atoms with E-state index in [4.69, 9.17) is 4.18 Å². The van der Waals surface area contributed by atoms with Crippen LogP contribution < -0.4 is 4.18 Å². The largest absolute Gasteiger partial charge is 0.379 e. The number of carbonyl (C=O) groups is 2. The minimum atomic E-state index is -4.13. The van der Waals surface area contributed by atoms with Crippen LogP contribution in [0.2, 0.25) is 0 Å². The van der Waals surface area contributed by atoms with Gasteiger partial charge in [0.1, 0.15) is 11.4 Å². The number of benzene rings is 2. The minimum Gasteiger partial charge on any atom is -0.379 e. The molecule has 2 aromatic carbocycles. The molecule has 5 rings (SSSR count). The van der Waals surface area contributed by atoms with Crippen molar-refractivity contribution in [2.45, 2.75) is 0 Å². The molecule has 8 heteroatoms. The highest BCUT2D eigenvalue weighted by Gasteiger charge is 2.44. The second-order valence-electron chi connectivity index (χ2n) is 7.30. The van der Waals surface area contributed by atoms with Crippen LogP contribution in [0.25, 0.3) is 6.08 Å². The second kappa shape index (κ2) is 6.84. The summed E-state index contributed by atoms with van der Waals surface area (Å²) >= 11 is 0. The molecule has 7 nitrogen and oxygen atoms in total. The fourth-order valence-electron chi connectivity index (χ4n) is 3.50. The quantitative estimate of drug-likeness (QED) is 0.522. The van der Waals surface area contributed by atoms with Crippen molar-refractivity contribution >= 4 is 27.8 Å². The first kappa shape index (κ1) is 18.6. The van der Waals surface area contributed by atoms with Crippen molar-refractivity contribution in [2.24, 2.45) is 0 Å². The van der Waals surface area contributed by atoms with E-state index >= 15 is 0 Å². The molecule has 152 valence electrons. The van der Waals surface area contributed by atoms with Gasteiger partial charge in [0.15, 0.2) is 5.75 Å². The maximum Gasteiger partial charge on any atom is 0.332 e. The van der Waals surface area contributed by atoms with Crippen LogP contribution in [0, 0.1) is 0 Å². The Hall–Kier alpha value is -3.39. The highest BCUT2D eigenvalue weighted by molar-refractivity contribution is 7.90. The van der Waals surface area contributed by atoms with E-state index in [9.17, 15) is 18.0 Å². The molecule has 0 amide bonds. The molecule has 0 N–H and O–H groups in total. The molecule has 2 aliphatic heterocycles. The molecule has 1 aliphatic carbocycles. The Morgan fingerprint density at radius 3 is 2.07 bits per heavy atom. The normalized spacial score (nSPS) is 18.1. The molecule has 0 radical (unpaired) electrons. The van der Waals surface area contributed by atoms with Crippen LogP contribution in [0.3, 0.4) is 0 Å². The first-order valence-electron chi connectivity index (χ1n) is 9.59. The zero-order chi connectivity index (χ0) is 20.9. The predicted octanol–water partition coefficient (Wildman–Crippen LogP) is 2.29. The number of hydrogen-bond acceptors (Lipinski definition) is 7. The van der Waals surface area contributed by atoms with Gasteiger partial charge in [0.25, 0.3) is 0 Å². The summed E-state index contributed by atoms with van der Waals surface area (Å²) in [5, 5.41) is 0.944. The van der Waals surface area contributed by atoms with Crippen LogP contribution in [0.5, 0.6) is 5.75 Å². The number of Topliss-reactive ketones (excluding diaryl/α,β-unsaturated/α-hetero) is 2. The lowest BCUT2D eigenvalue weighted by Gasteiger charge is -2.24. The lowest BCUT2D eigenvalue weighted by Crippen LogP contribution is -2.30. The zero-order valence-electron chi connectivity index (χ0n) is 15.9. The highest BCUT2D eigenvalue weighted by Crippen LogP contribution is 2.39. The number of rotatable bonds is 6. The summed E-state index contributed by atoms with van der Waals surface area (Å²) in [4.78, 5) is 30.1. The van der Waals surface area contributed by atoms with Crippen molar-refractivity contribution in [2.75, 3.05) is 26.2 Å². The average Bonchev–Trinajstić information content (AvgIpc) is 3.62. The Morgan fingerprint density at radius 2 is 1.43 bits per heavy atom. The lowest BCUT2D eigenvalue weighted by atomic mass is 9.89. The molecule has 0 atom stereocenters. The van der Waals surface area contributed by atoms with Gasteiger partial charge in [-0.15, -0.1) is 0 Å². The van der Waals surface area contributed by atoms with Gasteiger partial charge in [0, 0.05) is 31.7 Å². The fraction of sp³-hybridized carbons (Fsp3) is 0.182. The van der Waals surface area contributed by atoms with Crippen molar-refractivity contribution in [3.8, 4) is 5.75 Å². The number of carbonyl (C=O) groups excluding carboxylic acids is 2. The van der Waals surface area contributed by atoms with Gasteiger partial charge >= 0.3 is 10.1 Å². The number of allylic oxidation sites excluding steroid dienone is 2. The van der Waals surface area contributed by atoms with Crippen LogP contribution in [0.15, 0.2) is 65.3 Å². The molecule has 0 bridgehead atoms. The molecule has 3 aliphatic rings. The van der Waals surface area contributed by atoms with Gasteiger partial charge in [-0.3, -0.25) is 9.59 Å². The van der Waals surface area contributed by atoms with Crippen LogP contribution in [-0.4, -0.2) is 56.0 Å². The third kappa shape index (κ3) is 3.39. The van der Waals surface area contributed by atoms with Crippen LogP contribution in [-0.2, 0) is 10.1 Å². The van der Waals surface area contributed by atoms with Crippen molar-refractivity contribution in [1.29, 1.82) is 0 Å². The minimum absolute atomic E-state index is 0.00619. The topological polar surface area (TPSA) is 83.5 Å². The van der Waals surface area contributed by atoms with E-state index in [1.807, 2.05) is 15.9 Å². The maximum atomic E-state index is 13.3. The van der Waals surface area contributed by atoms with Gasteiger partial charge in [-0.25, -0.2) is 0 Å². The molecule has 0 saturated carbocycles. The molecule has 0 spiro atoms. The summed E-state index contributed by atoms with van der Waals surface area (Å²) in [7, 11) is -4.13. The van der Waals surface area contributed by atoms with E-state index in [1.54, 1.807) is 24.3 Å². The molecular formula is C22H18N2O5S. The van der Waals surface area contributed by atoms with E-state index in [-0.39, 0.29) is 28.4 Å². The van der Waals surface area contributed by atoms with Gasteiger partial charge < -0.3 is 14.0 Å². The molecule has 0 unspecified atom stereocenters. The summed E-state index contributed by atoms with van der Waals surface area (Å²) in [6.07, 6.45) is 1.41. The molecular weight excluding hydrogens is 404 g/mol. The maximum absolute atomic E-state index is 13.3. The number of fused-ring (bicyclic) bond motifs is 1. The number of hydrogen-bond donors (Lipinski definition) is 0. The summed E-state index contributed by atoms with van der Waals surface area (Å²) in [5.41, 5.74) is 1.63. The molecule has 2 heterocycles. The van der Waals surface area contributed by atoms with E-state index in [0.29, 0.717) is 30.0 Å². The molecule has 30 heavy (non-hydrogen) atoms. The third-order valence-electron chi connectivity index (χ3n) is 5.11. The Morgan fingerprint density at radius 1 is 0.800 bits per heavy atom. The summed E-state index contributed by atoms with van der Waals surface area (Å²) < 4.78 is 30.3. The van der Waals surface area contributed by atoms with Crippen LogP contribution in [0.1, 0.15) is 26.3 Å². The lowest BCUT2D eigenvalue weighted by molar-refractivity contribution is 0.0944. The average molecular weight is 422 g/mol. The standard InChI is InChI=1S/C22H18N2O5S/c25-21-16-7-4-8-17(29-30(27,28)14-9-15-5-2-1-3-6-15)18(16)22(26)20(24-12-13-24)19(21)23-10-11-23/h1-9,14H,10-13H2/b14-9+. The van der Waals surface area contributed by atoms with E-state index in [2.05, 4.69) is 0 Å². The molecule has 2 aromatic rings. The van der Waals surface area contributed by atoms with Gasteiger partial charge in [0.2, 0.25) is 11.6 Å². The molecule has 2 fully saturated rings. The Labute approximate surface area is 174 Å². The van der Waals surface area contributed by atoms with Crippen molar-refractivity contribution in [3.05, 3.63) is 82.0 Å². The summed E-state index contributed by atoms with van der Waals surface area (Å²) in [5.74, 6) is -0.777. The molecule has 2 saturated heterocycles. The van der Waals surface area contributed by atoms with Crippen molar-refractivity contribution in [1.82, 2.24) is 9.80 Å². The number of nitrogens with zero attached hydrogens (tertiary/aromatic N) is 2. The van der Waals surface area contributed by atoms with E-state index in [0.717, 1.165) is 18.5 Å². The smallest absolute Gasteiger partial charge is 0.332 e. The van der Waals surface area contributed by atoms with E-state index in [1.165, 1.54) is 24.3 Å². The molecule has 0 aromatic heterocycles. The fourth-order valence-corrected chi connectivity index (χ4v) is 4.27. The highest BCUT2D eigenvalue weighted by atomic mass is 32.2. The summed E-state index contributed by atoms with van der Waals surface area (Å²) in [6, 6.07) is 13.4. The van der Waals surface area contributed by atoms with Gasteiger partial charge in [0.05, 0.1) is 11.0 Å². The van der Waals surface area contributed by atoms with Gasteiger partial charge in [-0.2, -0.15) is 8.42 Å². The van der Waals surface area contributed by atoms with Gasteiger partial charge in [-0.1, -0.05) is 36.4 Å². The first-order valence-corrected chi connectivity index (χ1v) is 11.1. The number of ketones is 2. The monoisotopic (exact) mass is 422 g/mol. The SMILES string of the molecule is O=C1C(N2CC2)=C(N2CC2)C(=O)c2c(OS(=O)(=O)/C=C/c3ccccc3)cccc21. The zero-order valence-corrected chi connectivity index (χ0v) is 16.8. The Bertz CT molecular complexity index is 1220. The van der Waals surface area contributed by atoms with Gasteiger partial charge in [-0.05, 0) is 23.8 Å². The Kier molecular flexibility index (Phi) is 4.25. The third-order valence-corrected chi connectivity index (χ3v) is 5.99. The second-order valence-corrected chi connectivity index (χ2v) is 8.72. The van der Waals surface area contributed by atoms with Crippen molar-refractivity contribution < 1.29 is 22.2 Å². The van der Waals surface area contributed by atoms with Crippen LogP contribution in [0.4, 0.5) is 0 Å². The predicted molar refractivity (Wildman–Crippen MR) is 110 cm³/mol. The van der Waals surface area contributed by atoms with Crippen molar-refractivity contribution in [3.63, 3.8) is 0 Å². The summed E-state index contributed by atoms with van der Waals surface area (Å²) in [6.45, 7) is 2.86. The van der Waals surface area contributed by atoms with Crippen LogP contribution >= 0.6 is 0 Å².